The van der Waals surface area contributed by atoms with Crippen LogP contribution in [0.5, 0.6) is 0 Å². The third-order valence-electron chi connectivity index (χ3n) is 4.90. The number of amides is 3. The van der Waals surface area contributed by atoms with Gasteiger partial charge >= 0.3 is 0 Å². The Balaban J connectivity index is 1.68. The Morgan fingerprint density at radius 3 is 2.03 bits per heavy atom. The zero-order valence-electron chi connectivity index (χ0n) is 15.6. The first-order chi connectivity index (χ1) is 14.5. The lowest BCUT2D eigenvalue weighted by molar-refractivity contribution is -0.119. The average Bonchev–Trinajstić information content (AvgIpc) is 3.00. The first kappa shape index (κ1) is 19.4. The van der Waals surface area contributed by atoms with E-state index in [0.717, 1.165) is 22.6 Å². The highest BCUT2D eigenvalue weighted by atomic mass is 19.2. The predicted molar refractivity (Wildman–Crippen MR) is 106 cm³/mol. The summed E-state index contributed by atoms with van der Waals surface area (Å²) < 4.78 is 26.7. The molecule has 30 heavy (non-hydrogen) atoms. The molecule has 3 amide bonds. The number of carbonyl (C=O) groups is 3. The van der Waals surface area contributed by atoms with Gasteiger partial charge in [-0.1, -0.05) is 42.5 Å². The summed E-state index contributed by atoms with van der Waals surface area (Å²) in [6.45, 7) is 0. The molecule has 0 aromatic heterocycles. The number of hydrogen-bond acceptors (Lipinski definition) is 3. The van der Waals surface area contributed by atoms with Crippen molar-refractivity contribution in [3.63, 3.8) is 0 Å². The van der Waals surface area contributed by atoms with Gasteiger partial charge in [-0.2, -0.15) is 0 Å². The monoisotopic (exact) mass is 406 g/mol. The van der Waals surface area contributed by atoms with E-state index in [1.54, 1.807) is 36.4 Å². The summed E-state index contributed by atoms with van der Waals surface area (Å²) in [7, 11) is 0. The summed E-state index contributed by atoms with van der Waals surface area (Å²) in [6, 6.07) is 17.0. The van der Waals surface area contributed by atoms with Crippen molar-refractivity contribution in [3.8, 4) is 0 Å². The normalized spacial score (nSPS) is 13.9. The molecule has 5 nitrogen and oxygen atoms in total. The van der Waals surface area contributed by atoms with Gasteiger partial charge < -0.3 is 5.32 Å². The smallest absolute Gasteiger partial charge is 0.262 e. The predicted octanol–water partition coefficient (Wildman–Crippen LogP) is 3.81. The molecule has 0 spiro atoms. The topological polar surface area (TPSA) is 66.5 Å². The number of fused-ring (bicyclic) bond motifs is 1. The van der Waals surface area contributed by atoms with Gasteiger partial charge in [0, 0.05) is 18.2 Å². The van der Waals surface area contributed by atoms with E-state index in [4.69, 9.17) is 0 Å². The highest BCUT2D eigenvalue weighted by Crippen LogP contribution is 2.27. The second-order valence-corrected chi connectivity index (χ2v) is 6.85. The molecule has 1 atom stereocenters. The Hall–Kier alpha value is -3.87. The van der Waals surface area contributed by atoms with Crippen LogP contribution in [0.25, 0.3) is 0 Å². The van der Waals surface area contributed by atoms with Gasteiger partial charge in [-0.25, -0.2) is 8.78 Å². The summed E-state index contributed by atoms with van der Waals surface area (Å²) in [5.41, 5.74) is 1.20. The van der Waals surface area contributed by atoms with Crippen LogP contribution in [0, 0.1) is 11.6 Å². The molecule has 0 fully saturated rings. The van der Waals surface area contributed by atoms with E-state index in [1.165, 1.54) is 18.2 Å². The molecule has 0 saturated carbocycles. The van der Waals surface area contributed by atoms with Gasteiger partial charge in [0.1, 0.15) is 6.04 Å². The summed E-state index contributed by atoms with van der Waals surface area (Å²) in [4.78, 5) is 39.8. The maximum atomic E-state index is 13.5. The van der Waals surface area contributed by atoms with Crippen LogP contribution in [0.15, 0.2) is 72.8 Å². The zero-order chi connectivity index (χ0) is 21.3. The molecular formula is C23H16F2N2O3. The zero-order valence-corrected chi connectivity index (χ0v) is 15.6. The van der Waals surface area contributed by atoms with Crippen LogP contribution in [0.4, 0.5) is 14.5 Å². The van der Waals surface area contributed by atoms with Crippen molar-refractivity contribution in [2.75, 3.05) is 5.32 Å². The van der Waals surface area contributed by atoms with E-state index >= 15 is 0 Å². The van der Waals surface area contributed by atoms with Crippen LogP contribution in [0.3, 0.4) is 0 Å². The molecule has 1 N–H and O–H groups in total. The number of benzene rings is 3. The standard InChI is InChI=1S/C23H16F2N2O3/c24-18-11-10-15(13-19(18)25)26-21(28)20(12-14-6-2-1-3-7-14)27-22(29)16-8-4-5-9-17(16)23(27)30/h1-11,13,20H,12H2,(H,26,28)/t20-/m0/s1. The minimum Gasteiger partial charge on any atom is -0.324 e. The molecule has 0 radical (unpaired) electrons. The lowest BCUT2D eigenvalue weighted by Crippen LogP contribution is -2.48. The Kier molecular flexibility index (Phi) is 5.10. The Morgan fingerprint density at radius 1 is 0.833 bits per heavy atom. The van der Waals surface area contributed by atoms with Crippen LogP contribution >= 0.6 is 0 Å². The molecule has 3 aromatic rings. The molecule has 1 heterocycles. The third-order valence-corrected chi connectivity index (χ3v) is 4.90. The minimum atomic E-state index is -1.17. The number of rotatable bonds is 5. The van der Waals surface area contributed by atoms with Gasteiger partial charge in [0.05, 0.1) is 11.1 Å². The lowest BCUT2D eigenvalue weighted by atomic mass is 10.0. The number of hydrogen-bond donors (Lipinski definition) is 1. The van der Waals surface area contributed by atoms with Crippen molar-refractivity contribution in [2.45, 2.75) is 12.5 Å². The van der Waals surface area contributed by atoms with Crippen molar-refractivity contribution in [2.24, 2.45) is 0 Å². The second kappa shape index (κ2) is 7.87. The molecule has 1 aliphatic rings. The first-order valence-corrected chi connectivity index (χ1v) is 9.22. The van der Waals surface area contributed by atoms with Crippen LogP contribution in [0.2, 0.25) is 0 Å². The number of nitrogens with one attached hydrogen (secondary N) is 1. The largest absolute Gasteiger partial charge is 0.324 e. The van der Waals surface area contributed by atoms with Crippen molar-refractivity contribution < 1.29 is 23.2 Å². The quantitative estimate of drug-likeness (QED) is 0.656. The van der Waals surface area contributed by atoms with Crippen molar-refractivity contribution in [1.29, 1.82) is 0 Å². The average molecular weight is 406 g/mol. The van der Waals surface area contributed by atoms with Gasteiger partial charge in [-0.15, -0.1) is 0 Å². The lowest BCUT2D eigenvalue weighted by Gasteiger charge is -2.25. The fourth-order valence-corrected chi connectivity index (χ4v) is 3.43. The summed E-state index contributed by atoms with van der Waals surface area (Å²) in [5.74, 6) is -3.99. The van der Waals surface area contributed by atoms with Crippen LogP contribution in [0.1, 0.15) is 26.3 Å². The fourth-order valence-electron chi connectivity index (χ4n) is 3.43. The van der Waals surface area contributed by atoms with Crippen LogP contribution in [-0.2, 0) is 11.2 Å². The molecule has 150 valence electrons. The van der Waals surface area contributed by atoms with E-state index in [9.17, 15) is 23.2 Å². The van der Waals surface area contributed by atoms with Crippen molar-refractivity contribution >= 4 is 23.4 Å². The molecule has 3 aromatic carbocycles. The maximum Gasteiger partial charge on any atom is 0.262 e. The third kappa shape index (κ3) is 3.57. The number of anilines is 1. The van der Waals surface area contributed by atoms with E-state index < -0.39 is 35.4 Å². The minimum absolute atomic E-state index is 0.0218. The van der Waals surface area contributed by atoms with E-state index in [2.05, 4.69) is 5.32 Å². The van der Waals surface area contributed by atoms with Crippen molar-refractivity contribution in [1.82, 2.24) is 4.90 Å². The number of nitrogens with zero attached hydrogens (tertiary/aromatic N) is 1. The molecule has 0 aliphatic carbocycles. The molecular weight excluding hydrogens is 390 g/mol. The fraction of sp³-hybridized carbons (Fsp3) is 0.0870. The number of halogens is 2. The molecule has 1 aliphatic heterocycles. The Bertz CT molecular complexity index is 1110. The molecule has 0 saturated heterocycles. The van der Waals surface area contributed by atoms with Gasteiger partial charge in [0.2, 0.25) is 5.91 Å². The van der Waals surface area contributed by atoms with Crippen LogP contribution in [-0.4, -0.2) is 28.7 Å². The number of carbonyl (C=O) groups excluding carboxylic acids is 3. The summed E-state index contributed by atoms with van der Waals surface area (Å²) in [6.07, 6.45) is 0.0712. The van der Waals surface area contributed by atoms with Crippen LogP contribution < -0.4 is 5.32 Å². The highest BCUT2D eigenvalue weighted by Gasteiger charge is 2.42. The van der Waals surface area contributed by atoms with Gasteiger partial charge in [-0.05, 0) is 29.8 Å². The summed E-state index contributed by atoms with van der Waals surface area (Å²) >= 11 is 0. The number of imide groups is 1. The SMILES string of the molecule is O=C(Nc1ccc(F)c(F)c1)[C@H](Cc1ccccc1)N1C(=O)c2ccccc2C1=O. The second-order valence-electron chi connectivity index (χ2n) is 6.85. The van der Waals surface area contributed by atoms with Gasteiger partial charge in [0.15, 0.2) is 11.6 Å². The van der Waals surface area contributed by atoms with E-state index in [-0.39, 0.29) is 23.2 Å². The molecule has 7 heteroatoms. The van der Waals surface area contributed by atoms with Crippen molar-refractivity contribution in [3.05, 3.63) is 101 Å². The first-order valence-electron chi connectivity index (χ1n) is 9.22. The van der Waals surface area contributed by atoms with E-state index in [1.807, 2.05) is 6.07 Å². The van der Waals surface area contributed by atoms with E-state index in [0.29, 0.717) is 0 Å². The highest BCUT2D eigenvalue weighted by molar-refractivity contribution is 6.23. The Morgan fingerprint density at radius 2 is 1.43 bits per heavy atom. The maximum absolute atomic E-state index is 13.5. The molecule has 0 bridgehead atoms. The van der Waals surface area contributed by atoms with Gasteiger partial charge in [-0.3, -0.25) is 19.3 Å². The van der Waals surface area contributed by atoms with Gasteiger partial charge in [0.25, 0.3) is 11.8 Å². The molecule has 4 rings (SSSR count). The molecule has 0 unspecified atom stereocenters. The Labute approximate surface area is 170 Å². The summed E-state index contributed by atoms with van der Waals surface area (Å²) in [5, 5.41) is 2.48.